The highest BCUT2D eigenvalue weighted by Crippen LogP contribution is 2.34. The lowest BCUT2D eigenvalue weighted by atomic mass is 10.1. The number of para-hydroxylation sites is 1. The highest BCUT2D eigenvalue weighted by Gasteiger charge is 2.18. The lowest BCUT2D eigenvalue weighted by Crippen LogP contribution is -1.98. The van der Waals surface area contributed by atoms with Gasteiger partial charge in [-0.1, -0.05) is 41.9 Å². The average molecular weight is 548 g/mol. The second-order valence-electron chi connectivity index (χ2n) is 8.25. The van der Waals surface area contributed by atoms with E-state index in [1.54, 1.807) is 38.5 Å². The lowest BCUT2D eigenvalue weighted by Gasteiger charge is -2.05. The van der Waals surface area contributed by atoms with Crippen molar-refractivity contribution in [2.75, 3.05) is 14.2 Å². The quantitative estimate of drug-likeness (QED) is 0.162. The van der Waals surface area contributed by atoms with Crippen LogP contribution >= 0.6 is 23.4 Å². The van der Waals surface area contributed by atoms with Gasteiger partial charge >= 0.3 is 5.97 Å². The number of fused-ring (bicyclic) bond motifs is 1. The van der Waals surface area contributed by atoms with Crippen LogP contribution in [0.5, 0.6) is 11.5 Å². The molecule has 0 saturated carbocycles. The van der Waals surface area contributed by atoms with Crippen molar-refractivity contribution in [1.29, 1.82) is 0 Å². The molecule has 3 aromatic carbocycles. The maximum atomic E-state index is 12.2. The molecule has 0 aliphatic carbocycles. The normalized spacial score (nSPS) is 11.6. The van der Waals surface area contributed by atoms with Crippen LogP contribution in [0.25, 0.3) is 28.4 Å². The van der Waals surface area contributed by atoms with E-state index in [1.165, 1.54) is 0 Å². The van der Waals surface area contributed by atoms with Crippen LogP contribution in [0.3, 0.4) is 0 Å². The van der Waals surface area contributed by atoms with Gasteiger partial charge in [0.1, 0.15) is 16.4 Å². The van der Waals surface area contributed by atoms with E-state index >= 15 is 0 Å². The molecular formula is C28H22ClN3O5S. The van der Waals surface area contributed by atoms with E-state index in [4.69, 9.17) is 25.5 Å². The number of thioether (sulfide) groups is 1. The zero-order valence-electron chi connectivity index (χ0n) is 20.4. The second-order valence-corrected chi connectivity index (χ2v) is 9.68. The number of aromatic nitrogens is 3. The number of hydrogen-bond acceptors (Lipinski definition) is 7. The SMILES string of the molecule is COc1cc(OC)cc(-c2nnc(S/C(=C\c3cn(Cc4ccc(Cl)cc4)c4ccccc34)C(=O)O)o2)c1. The number of carbonyl (C=O) groups is 1. The first-order chi connectivity index (χ1) is 18.4. The maximum absolute atomic E-state index is 12.2. The molecule has 192 valence electrons. The first kappa shape index (κ1) is 25.4. The Labute approximate surface area is 227 Å². The predicted molar refractivity (Wildman–Crippen MR) is 147 cm³/mol. The van der Waals surface area contributed by atoms with Crippen LogP contribution in [-0.2, 0) is 11.3 Å². The number of carboxylic acids is 1. The molecule has 2 aromatic heterocycles. The number of halogens is 1. The lowest BCUT2D eigenvalue weighted by molar-refractivity contribution is -0.131. The summed E-state index contributed by atoms with van der Waals surface area (Å²) in [5, 5.41) is 19.8. The summed E-state index contributed by atoms with van der Waals surface area (Å²) in [6, 6.07) is 20.7. The van der Waals surface area contributed by atoms with Gasteiger partial charge in [0, 0.05) is 45.9 Å². The van der Waals surface area contributed by atoms with Crippen molar-refractivity contribution in [3.63, 3.8) is 0 Å². The molecule has 0 fully saturated rings. The zero-order valence-corrected chi connectivity index (χ0v) is 22.0. The van der Waals surface area contributed by atoms with Gasteiger partial charge in [-0.3, -0.25) is 0 Å². The predicted octanol–water partition coefficient (Wildman–Crippen LogP) is 6.63. The molecule has 0 radical (unpaired) electrons. The first-order valence-electron chi connectivity index (χ1n) is 11.5. The fourth-order valence-corrected chi connectivity index (χ4v) is 4.77. The Morgan fingerprint density at radius 3 is 2.45 bits per heavy atom. The van der Waals surface area contributed by atoms with Crippen molar-refractivity contribution in [2.45, 2.75) is 11.8 Å². The van der Waals surface area contributed by atoms with Crippen molar-refractivity contribution in [3.05, 3.63) is 94.0 Å². The molecule has 0 amide bonds. The van der Waals surface area contributed by atoms with Crippen molar-refractivity contribution < 1.29 is 23.8 Å². The van der Waals surface area contributed by atoms with E-state index in [0.29, 0.717) is 28.6 Å². The Hall–Kier alpha value is -4.21. The summed E-state index contributed by atoms with van der Waals surface area (Å²) in [5.74, 6) is 0.238. The Bertz CT molecular complexity index is 1620. The molecule has 5 rings (SSSR count). The number of benzene rings is 3. The summed E-state index contributed by atoms with van der Waals surface area (Å²) < 4.78 is 18.5. The third-order valence-electron chi connectivity index (χ3n) is 5.79. The third-order valence-corrected chi connectivity index (χ3v) is 6.89. The van der Waals surface area contributed by atoms with E-state index in [0.717, 1.165) is 33.8 Å². The van der Waals surface area contributed by atoms with Crippen molar-refractivity contribution >= 4 is 46.3 Å². The molecule has 10 heteroatoms. The van der Waals surface area contributed by atoms with Gasteiger partial charge < -0.3 is 23.6 Å². The molecule has 0 aliphatic heterocycles. The standard InChI is InChI=1S/C28H22ClN3O5S/c1-35-21-11-18(12-22(14-21)36-2)26-30-31-28(37-26)38-25(27(33)34)13-19-16-32(24-6-4-3-5-23(19)24)15-17-7-9-20(29)10-8-17/h3-14,16H,15H2,1-2H3,(H,33,34)/b25-13-. The summed E-state index contributed by atoms with van der Waals surface area (Å²) in [7, 11) is 3.09. The van der Waals surface area contributed by atoms with Crippen LogP contribution in [0.1, 0.15) is 11.1 Å². The Balaban J connectivity index is 1.46. The second kappa shape index (κ2) is 11.0. The summed E-state index contributed by atoms with van der Waals surface area (Å²) in [6.45, 7) is 0.609. The van der Waals surface area contributed by atoms with E-state index in [-0.39, 0.29) is 16.0 Å². The van der Waals surface area contributed by atoms with Gasteiger partial charge in [-0.15, -0.1) is 10.2 Å². The largest absolute Gasteiger partial charge is 0.497 e. The number of methoxy groups -OCH3 is 2. The Morgan fingerprint density at radius 1 is 1.05 bits per heavy atom. The van der Waals surface area contributed by atoms with Gasteiger partial charge in [0.15, 0.2) is 0 Å². The zero-order chi connectivity index (χ0) is 26.6. The number of hydrogen-bond donors (Lipinski definition) is 1. The monoisotopic (exact) mass is 547 g/mol. The maximum Gasteiger partial charge on any atom is 0.342 e. The molecule has 1 N–H and O–H groups in total. The Kier molecular flexibility index (Phi) is 7.39. The van der Waals surface area contributed by atoms with Gasteiger partial charge in [-0.2, -0.15) is 0 Å². The summed E-state index contributed by atoms with van der Waals surface area (Å²) in [4.78, 5) is 12.2. The average Bonchev–Trinajstić information content (AvgIpc) is 3.54. The van der Waals surface area contributed by atoms with Crippen LogP contribution in [0.2, 0.25) is 5.02 Å². The van der Waals surface area contributed by atoms with Crippen LogP contribution in [0.4, 0.5) is 0 Å². The highest BCUT2D eigenvalue weighted by molar-refractivity contribution is 8.03. The number of rotatable bonds is 9. The molecule has 8 nitrogen and oxygen atoms in total. The van der Waals surface area contributed by atoms with Crippen molar-refractivity contribution in [1.82, 2.24) is 14.8 Å². The van der Waals surface area contributed by atoms with Crippen molar-refractivity contribution in [2.24, 2.45) is 0 Å². The summed E-state index contributed by atoms with van der Waals surface area (Å²) in [6.07, 6.45) is 3.55. The van der Waals surface area contributed by atoms with E-state index in [1.807, 2.05) is 54.7 Å². The van der Waals surface area contributed by atoms with Gasteiger partial charge in [0.2, 0.25) is 5.89 Å². The number of carboxylic acid groups (broad SMARTS) is 1. The minimum atomic E-state index is -1.10. The topological polar surface area (TPSA) is 99.6 Å². The fourth-order valence-electron chi connectivity index (χ4n) is 3.98. The molecule has 0 atom stereocenters. The summed E-state index contributed by atoms with van der Waals surface area (Å²) in [5.41, 5.74) is 3.41. The van der Waals surface area contributed by atoms with Crippen LogP contribution in [0.15, 0.2) is 87.5 Å². The van der Waals surface area contributed by atoms with Crippen LogP contribution in [-0.4, -0.2) is 40.1 Å². The molecule has 38 heavy (non-hydrogen) atoms. The molecular weight excluding hydrogens is 526 g/mol. The van der Waals surface area contributed by atoms with Crippen LogP contribution < -0.4 is 9.47 Å². The van der Waals surface area contributed by atoms with Gasteiger partial charge in [0.25, 0.3) is 5.22 Å². The van der Waals surface area contributed by atoms with Crippen molar-refractivity contribution in [3.8, 4) is 23.0 Å². The number of ether oxygens (including phenoxy) is 2. The summed E-state index contributed by atoms with van der Waals surface area (Å²) >= 11 is 6.92. The number of aliphatic carboxylic acids is 1. The van der Waals surface area contributed by atoms with E-state index in [9.17, 15) is 9.90 Å². The molecule has 0 aliphatic rings. The molecule has 0 unspecified atom stereocenters. The molecule has 5 aromatic rings. The molecule has 0 spiro atoms. The third kappa shape index (κ3) is 5.53. The first-order valence-corrected chi connectivity index (χ1v) is 12.6. The smallest absolute Gasteiger partial charge is 0.342 e. The van der Waals surface area contributed by atoms with Gasteiger partial charge in [-0.05, 0) is 53.7 Å². The van der Waals surface area contributed by atoms with Gasteiger partial charge in [-0.25, -0.2) is 4.79 Å². The molecule has 2 heterocycles. The fraction of sp³-hybridized carbons (Fsp3) is 0.107. The van der Waals surface area contributed by atoms with Crippen LogP contribution in [0, 0.1) is 0 Å². The van der Waals surface area contributed by atoms with E-state index in [2.05, 4.69) is 14.8 Å². The highest BCUT2D eigenvalue weighted by atomic mass is 35.5. The minimum absolute atomic E-state index is 0.0396. The van der Waals surface area contributed by atoms with E-state index < -0.39 is 5.97 Å². The van der Waals surface area contributed by atoms with Gasteiger partial charge in [0.05, 0.1) is 14.2 Å². The number of nitrogens with zero attached hydrogens (tertiary/aromatic N) is 3. The minimum Gasteiger partial charge on any atom is -0.497 e. The molecule has 0 saturated heterocycles. The molecule has 0 bridgehead atoms. The Morgan fingerprint density at radius 2 is 1.76 bits per heavy atom.